The Hall–Kier alpha value is -2.36. The molecule has 1 heterocycles. The van der Waals surface area contributed by atoms with Gasteiger partial charge in [0.2, 0.25) is 0 Å². The highest BCUT2D eigenvalue weighted by molar-refractivity contribution is 5.94. The molecule has 2 aromatic rings. The van der Waals surface area contributed by atoms with E-state index in [1.165, 1.54) is 0 Å². The molecule has 1 aromatic heterocycles. The summed E-state index contributed by atoms with van der Waals surface area (Å²) in [6, 6.07) is 11.9. The second-order valence-corrected chi connectivity index (χ2v) is 5.19. The maximum atomic E-state index is 12.7. The molecule has 0 radical (unpaired) electrons. The molecular formula is C18H23N3O. The topological polar surface area (TPSA) is 45.2 Å². The van der Waals surface area contributed by atoms with Crippen molar-refractivity contribution in [1.29, 1.82) is 0 Å². The number of anilines is 1. The zero-order valence-electron chi connectivity index (χ0n) is 13.2. The zero-order valence-corrected chi connectivity index (χ0v) is 13.2. The van der Waals surface area contributed by atoms with Crippen LogP contribution in [0.3, 0.4) is 0 Å². The molecule has 22 heavy (non-hydrogen) atoms. The Balaban J connectivity index is 2.11. The molecule has 0 atom stereocenters. The van der Waals surface area contributed by atoms with Crippen LogP contribution in [0.25, 0.3) is 0 Å². The van der Waals surface area contributed by atoms with Crippen LogP contribution in [-0.4, -0.2) is 28.9 Å². The van der Waals surface area contributed by atoms with Crippen LogP contribution in [0.5, 0.6) is 0 Å². The first-order valence-electron chi connectivity index (χ1n) is 7.76. The summed E-state index contributed by atoms with van der Waals surface area (Å²) < 4.78 is 0. The number of carbonyl (C=O) groups is 1. The van der Waals surface area contributed by atoms with Gasteiger partial charge in [0, 0.05) is 32.0 Å². The standard InChI is InChI=1S/C18H23N3O/c1-3-10-20-17-11-16(12-19-13-17)18(22)21(4-2)14-15-8-6-5-7-9-15/h5-9,11-13,20H,3-4,10,14H2,1-2H3. The molecule has 0 aliphatic carbocycles. The summed E-state index contributed by atoms with van der Waals surface area (Å²) in [5.41, 5.74) is 2.65. The van der Waals surface area contributed by atoms with Gasteiger partial charge in [0.15, 0.2) is 0 Å². The average molecular weight is 297 g/mol. The first-order chi connectivity index (χ1) is 10.7. The fourth-order valence-electron chi connectivity index (χ4n) is 2.24. The molecule has 0 saturated heterocycles. The van der Waals surface area contributed by atoms with Crippen LogP contribution in [0.15, 0.2) is 48.8 Å². The lowest BCUT2D eigenvalue weighted by molar-refractivity contribution is 0.0752. The fraction of sp³-hybridized carbons (Fsp3) is 0.333. The normalized spacial score (nSPS) is 10.3. The van der Waals surface area contributed by atoms with E-state index in [1.807, 2.05) is 48.2 Å². The van der Waals surface area contributed by atoms with Gasteiger partial charge in [-0.15, -0.1) is 0 Å². The Morgan fingerprint density at radius 2 is 1.95 bits per heavy atom. The van der Waals surface area contributed by atoms with Crippen molar-refractivity contribution in [2.75, 3.05) is 18.4 Å². The predicted molar refractivity (Wildman–Crippen MR) is 89.9 cm³/mol. The molecule has 2 rings (SSSR count). The Bertz CT molecular complexity index is 598. The summed E-state index contributed by atoms with van der Waals surface area (Å²) >= 11 is 0. The van der Waals surface area contributed by atoms with E-state index in [4.69, 9.17) is 0 Å². The summed E-state index contributed by atoms with van der Waals surface area (Å²) in [4.78, 5) is 18.7. The highest BCUT2D eigenvalue weighted by atomic mass is 16.2. The summed E-state index contributed by atoms with van der Waals surface area (Å²) in [5.74, 6) is 0.0130. The number of carbonyl (C=O) groups excluding carboxylic acids is 1. The lowest BCUT2D eigenvalue weighted by Gasteiger charge is -2.21. The second-order valence-electron chi connectivity index (χ2n) is 5.19. The maximum absolute atomic E-state index is 12.7. The Labute approximate surface area is 132 Å². The molecule has 1 aromatic carbocycles. The van der Waals surface area contributed by atoms with Gasteiger partial charge >= 0.3 is 0 Å². The van der Waals surface area contributed by atoms with E-state index in [-0.39, 0.29) is 5.91 Å². The molecule has 0 aliphatic rings. The van der Waals surface area contributed by atoms with Crippen LogP contribution in [0.4, 0.5) is 5.69 Å². The third-order valence-corrected chi connectivity index (χ3v) is 3.45. The monoisotopic (exact) mass is 297 g/mol. The Morgan fingerprint density at radius 3 is 2.64 bits per heavy atom. The minimum absolute atomic E-state index is 0.0130. The molecule has 0 bridgehead atoms. The van der Waals surface area contributed by atoms with Gasteiger partial charge < -0.3 is 10.2 Å². The maximum Gasteiger partial charge on any atom is 0.255 e. The van der Waals surface area contributed by atoms with Crippen molar-refractivity contribution in [3.05, 3.63) is 59.9 Å². The van der Waals surface area contributed by atoms with Gasteiger partial charge in [0.1, 0.15) is 0 Å². The molecule has 1 N–H and O–H groups in total. The molecule has 0 unspecified atom stereocenters. The van der Waals surface area contributed by atoms with E-state index in [2.05, 4.69) is 17.2 Å². The number of amides is 1. The minimum atomic E-state index is 0.0130. The summed E-state index contributed by atoms with van der Waals surface area (Å²) in [7, 11) is 0. The van der Waals surface area contributed by atoms with E-state index >= 15 is 0 Å². The molecular weight excluding hydrogens is 274 g/mol. The number of aromatic nitrogens is 1. The molecule has 0 spiro atoms. The highest BCUT2D eigenvalue weighted by Gasteiger charge is 2.15. The molecule has 4 nitrogen and oxygen atoms in total. The van der Waals surface area contributed by atoms with Crippen molar-refractivity contribution < 1.29 is 4.79 Å². The van der Waals surface area contributed by atoms with Crippen molar-refractivity contribution in [3.8, 4) is 0 Å². The van der Waals surface area contributed by atoms with Crippen LogP contribution >= 0.6 is 0 Å². The third-order valence-electron chi connectivity index (χ3n) is 3.45. The summed E-state index contributed by atoms with van der Waals surface area (Å²) in [5, 5.41) is 3.26. The van der Waals surface area contributed by atoms with Crippen LogP contribution in [0, 0.1) is 0 Å². The van der Waals surface area contributed by atoms with E-state index in [0.29, 0.717) is 18.7 Å². The Kier molecular flexibility index (Phi) is 5.95. The predicted octanol–water partition coefficient (Wildman–Crippen LogP) is 3.57. The van der Waals surface area contributed by atoms with Gasteiger partial charge in [0.25, 0.3) is 5.91 Å². The van der Waals surface area contributed by atoms with Crippen LogP contribution in [0.2, 0.25) is 0 Å². The lowest BCUT2D eigenvalue weighted by atomic mass is 10.2. The smallest absolute Gasteiger partial charge is 0.255 e. The number of rotatable bonds is 7. The van der Waals surface area contributed by atoms with Crippen LogP contribution in [-0.2, 0) is 6.54 Å². The number of nitrogens with one attached hydrogen (secondary N) is 1. The first kappa shape index (κ1) is 16.0. The lowest BCUT2D eigenvalue weighted by Crippen LogP contribution is -2.30. The Morgan fingerprint density at radius 1 is 1.18 bits per heavy atom. The fourth-order valence-corrected chi connectivity index (χ4v) is 2.24. The van der Waals surface area contributed by atoms with Gasteiger partial charge in [-0.3, -0.25) is 9.78 Å². The molecule has 4 heteroatoms. The number of hydrogen-bond acceptors (Lipinski definition) is 3. The quantitative estimate of drug-likeness (QED) is 0.850. The van der Waals surface area contributed by atoms with Crippen molar-refractivity contribution >= 4 is 11.6 Å². The largest absolute Gasteiger partial charge is 0.384 e. The second kappa shape index (κ2) is 8.17. The van der Waals surface area contributed by atoms with Gasteiger partial charge in [-0.1, -0.05) is 37.3 Å². The molecule has 0 saturated carbocycles. The molecule has 0 fully saturated rings. The van der Waals surface area contributed by atoms with Crippen molar-refractivity contribution in [1.82, 2.24) is 9.88 Å². The van der Waals surface area contributed by atoms with Gasteiger partial charge in [0.05, 0.1) is 11.3 Å². The van der Waals surface area contributed by atoms with E-state index < -0.39 is 0 Å². The van der Waals surface area contributed by atoms with E-state index in [0.717, 1.165) is 24.2 Å². The van der Waals surface area contributed by atoms with Gasteiger partial charge in [-0.2, -0.15) is 0 Å². The van der Waals surface area contributed by atoms with Crippen molar-refractivity contribution in [2.24, 2.45) is 0 Å². The van der Waals surface area contributed by atoms with E-state index in [1.54, 1.807) is 12.4 Å². The number of nitrogens with zero attached hydrogens (tertiary/aromatic N) is 2. The number of benzene rings is 1. The van der Waals surface area contributed by atoms with Crippen molar-refractivity contribution in [2.45, 2.75) is 26.8 Å². The summed E-state index contributed by atoms with van der Waals surface area (Å²) in [6.45, 7) is 6.26. The van der Waals surface area contributed by atoms with Gasteiger partial charge in [-0.25, -0.2) is 0 Å². The average Bonchev–Trinajstić information content (AvgIpc) is 2.58. The van der Waals surface area contributed by atoms with Crippen molar-refractivity contribution in [3.63, 3.8) is 0 Å². The molecule has 1 amide bonds. The SMILES string of the molecule is CCCNc1cncc(C(=O)N(CC)Cc2ccccc2)c1. The highest BCUT2D eigenvalue weighted by Crippen LogP contribution is 2.13. The number of hydrogen-bond donors (Lipinski definition) is 1. The molecule has 0 aliphatic heterocycles. The van der Waals surface area contributed by atoms with Crippen LogP contribution < -0.4 is 5.32 Å². The van der Waals surface area contributed by atoms with E-state index in [9.17, 15) is 4.79 Å². The number of pyridine rings is 1. The zero-order chi connectivity index (χ0) is 15.8. The molecule has 116 valence electrons. The minimum Gasteiger partial charge on any atom is -0.384 e. The first-order valence-corrected chi connectivity index (χ1v) is 7.76. The van der Waals surface area contributed by atoms with Gasteiger partial charge in [-0.05, 0) is 25.0 Å². The summed E-state index contributed by atoms with van der Waals surface area (Å²) in [6.07, 6.45) is 4.42. The third kappa shape index (κ3) is 4.32. The van der Waals surface area contributed by atoms with Crippen LogP contribution in [0.1, 0.15) is 36.2 Å².